The second kappa shape index (κ2) is 11.2. The van der Waals surface area contributed by atoms with Gasteiger partial charge in [-0.1, -0.05) is 48.6 Å². The molecule has 0 aromatic heterocycles. The second-order valence-corrected chi connectivity index (χ2v) is 8.57. The number of benzene rings is 2. The fraction of sp³-hybridized carbons (Fsp3) is 0.200. The van der Waals surface area contributed by atoms with Gasteiger partial charge in [-0.2, -0.15) is 4.58 Å². The van der Waals surface area contributed by atoms with E-state index in [-0.39, 0.29) is 11.2 Å². The van der Waals surface area contributed by atoms with Gasteiger partial charge in [-0.3, -0.25) is 4.79 Å². The van der Waals surface area contributed by atoms with Crippen molar-refractivity contribution in [1.82, 2.24) is 0 Å². The average molecular weight is 471 g/mol. The molecule has 0 bridgehead atoms. The van der Waals surface area contributed by atoms with Gasteiger partial charge in [0.05, 0.1) is 5.41 Å². The molecule has 1 aliphatic heterocycles. The van der Waals surface area contributed by atoms with Crippen molar-refractivity contribution in [2.75, 3.05) is 12.4 Å². The number of rotatable bonds is 6. The highest BCUT2D eigenvalue weighted by Gasteiger charge is 2.42. The maximum atomic E-state index is 11.6. The Morgan fingerprint density at radius 1 is 0.939 bits per heavy atom. The van der Waals surface area contributed by atoms with Crippen LogP contribution in [0.3, 0.4) is 0 Å². The number of nitrogens with one attached hydrogen (secondary N) is 1. The molecule has 174 valence electrons. The van der Waals surface area contributed by atoms with E-state index in [9.17, 15) is 4.79 Å². The molecule has 1 aliphatic rings. The molecule has 8 heteroatoms. The summed E-state index contributed by atoms with van der Waals surface area (Å²) in [6, 6.07) is 16.1. The minimum atomic E-state index is -4.94. The number of allylic oxidation sites excluding steroid dienone is 5. The van der Waals surface area contributed by atoms with E-state index < -0.39 is 10.2 Å². The highest BCUT2D eigenvalue weighted by Crippen LogP contribution is 2.38. The van der Waals surface area contributed by atoms with Crippen molar-refractivity contribution in [3.63, 3.8) is 0 Å². The molecule has 2 aromatic carbocycles. The van der Waals surface area contributed by atoms with E-state index >= 15 is 0 Å². The largest absolute Gasteiger partial charge is 0.361 e. The smallest absolute Gasteiger partial charge is 0.209 e. The number of hydrogen-bond donors (Lipinski definition) is 1. The summed E-state index contributed by atoms with van der Waals surface area (Å²) in [6.45, 7) is 6.09. The van der Waals surface area contributed by atoms with E-state index in [1.54, 1.807) is 6.92 Å². The van der Waals surface area contributed by atoms with Crippen molar-refractivity contribution in [2.24, 2.45) is 0 Å². The van der Waals surface area contributed by atoms with Gasteiger partial charge in [0.1, 0.15) is 7.05 Å². The fourth-order valence-electron chi connectivity index (χ4n) is 3.69. The van der Waals surface area contributed by atoms with Gasteiger partial charge < -0.3 is 5.32 Å². The fourth-order valence-corrected chi connectivity index (χ4v) is 3.69. The number of Topliss-reactive ketones (excluding diaryl/α,β-unsaturated/α-hetero) is 1. The highest BCUT2D eigenvalue weighted by molar-refractivity contribution is 6.03. The summed E-state index contributed by atoms with van der Waals surface area (Å²) < 4.78 is 36.2. The first-order chi connectivity index (χ1) is 15.4. The second-order valence-electron chi connectivity index (χ2n) is 7.81. The minimum Gasteiger partial charge on any atom is -0.361 e. The van der Waals surface area contributed by atoms with Crippen molar-refractivity contribution in [2.45, 2.75) is 26.2 Å². The molecule has 0 fully saturated rings. The van der Waals surface area contributed by atoms with Gasteiger partial charge in [0.15, 0.2) is 11.5 Å². The minimum absolute atomic E-state index is 0.0104. The maximum Gasteiger partial charge on any atom is 0.209 e. The van der Waals surface area contributed by atoms with Crippen LogP contribution in [-0.4, -0.2) is 23.1 Å². The third-order valence-electron chi connectivity index (χ3n) is 5.17. The molecule has 3 rings (SSSR count). The Hall–Kier alpha value is -3.07. The lowest BCUT2D eigenvalue weighted by Gasteiger charge is -2.17. The van der Waals surface area contributed by atoms with Crippen LogP contribution in [0.1, 0.15) is 36.7 Å². The number of halogens is 1. The molecule has 0 atom stereocenters. The summed E-state index contributed by atoms with van der Waals surface area (Å²) in [7, 11) is -2.83. The number of ketones is 1. The first-order valence-corrected chi connectivity index (χ1v) is 11.3. The average Bonchev–Trinajstić information content (AvgIpc) is 2.92. The highest BCUT2D eigenvalue weighted by atomic mass is 35.7. The van der Waals surface area contributed by atoms with Crippen molar-refractivity contribution in [3.05, 3.63) is 96.2 Å². The Balaban J connectivity index is 0.000000696. The number of para-hydroxylation sites is 2. The van der Waals surface area contributed by atoms with E-state index in [0.717, 1.165) is 5.69 Å². The van der Waals surface area contributed by atoms with Gasteiger partial charge in [0.25, 0.3) is 0 Å². The molecule has 0 spiro atoms. The Labute approximate surface area is 196 Å². The molecule has 0 unspecified atom stereocenters. The van der Waals surface area contributed by atoms with Crippen LogP contribution in [0, 0.1) is 10.2 Å². The molecule has 0 amide bonds. The summed E-state index contributed by atoms with van der Waals surface area (Å²) in [5.41, 5.74) is 5.40. The molecular formula is C25H27ClN2O5. The molecule has 0 radical (unpaired) electrons. The molecule has 0 saturated heterocycles. The number of carbonyl (C=O) groups excluding carboxylic acids is 1. The Morgan fingerprint density at radius 2 is 1.52 bits per heavy atom. The Kier molecular flexibility index (Phi) is 8.87. The first kappa shape index (κ1) is 26.2. The van der Waals surface area contributed by atoms with Crippen LogP contribution in [0.15, 0.2) is 85.1 Å². The van der Waals surface area contributed by atoms with Gasteiger partial charge in [0, 0.05) is 35.2 Å². The van der Waals surface area contributed by atoms with E-state index in [4.69, 9.17) is 18.6 Å². The summed E-state index contributed by atoms with van der Waals surface area (Å²) in [5.74, 6) is 0.0521. The molecule has 2 aromatic rings. The standard InChI is InChI=1S/C25H26N2O.ClHO4/c1-19(28)20-13-8-10-15-22(20)26-18-12-6-5-7-17-24-25(2,3)21-14-9-11-16-23(21)27(24)4;2-1(3,4)5/h5-18H,1-4H3;(H,2,3,4,5). The third-order valence-corrected chi connectivity index (χ3v) is 5.17. The molecule has 1 heterocycles. The van der Waals surface area contributed by atoms with Gasteiger partial charge in [-0.15, -0.1) is 10.2 Å². The predicted octanol–water partition coefficient (Wildman–Crippen LogP) is 0.877. The van der Waals surface area contributed by atoms with E-state index in [1.807, 2.05) is 48.7 Å². The summed E-state index contributed by atoms with van der Waals surface area (Å²) >= 11 is 0. The predicted molar refractivity (Wildman–Crippen MR) is 118 cm³/mol. The lowest BCUT2D eigenvalue weighted by Crippen LogP contribution is -2.68. The number of hydrogen-bond acceptors (Lipinski definition) is 6. The van der Waals surface area contributed by atoms with Crippen LogP contribution < -0.4 is 24.0 Å². The topological polar surface area (TPSA) is 124 Å². The lowest BCUT2D eigenvalue weighted by atomic mass is 9.81. The van der Waals surface area contributed by atoms with Gasteiger partial charge in [0.2, 0.25) is 5.69 Å². The number of carbonyl (C=O) groups is 1. The van der Waals surface area contributed by atoms with Crippen molar-refractivity contribution in [1.29, 1.82) is 0 Å². The van der Waals surface area contributed by atoms with Crippen LogP contribution >= 0.6 is 0 Å². The Morgan fingerprint density at radius 3 is 2.15 bits per heavy atom. The number of fused-ring (bicyclic) bond motifs is 1. The molecule has 0 aliphatic carbocycles. The van der Waals surface area contributed by atoms with Gasteiger partial charge >= 0.3 is 0 Å². The monoisotopic (exact) mass is 470 g/mol. The third kappa shape index (κ3) is 7.49. The quantitative estimate of drug-likeness (QED) is 0.379. The SMILES string of the molecule is CC(=O)c1ccccc1NC=CC=CC=CC1=[N+](C)c2ccccc2C1(C)C.[O-][Cl+3]([O-])([O-])[O-]. The molecular weight excluding hydrogens is 444 g/mol. The van der Waals surface area contributed by atoms with E-state index in [1.165, 1.54) is 17.0 Å². The number of nitrogens with zero attached hydrogens (tertiary/aromatic N) is 1. The zero-order valence-electron chi connectivity index (χ0n) is 18.9. The van der Waals surface area contributed by atoms with Crippen LogP contribution in [0.4, 0.5) is 11.4 Å². The van der Waals surface area contributed by atoms with Crippen LogP contribution in [0.25, 0.3) is 0 Å². The van der Waals surface area contributed by atoms with Crippen LogP contribution in [-0.2, 0) is 5.41 Å². The summed E-state index contributed by atoms with van der Waals surface area (Å²) in [6.07, 6.45) is 12.0. The Bertz CT molecular complexity index is 1110. The van der Waals surface area contributed by atoms with Gasteiger partial charge in [-0.25, -0.2) is 18.6 Å². The van der Waals surface area contributed by atoms with Crippen molar-refractivity contribution < 1.29 is 38.2 Å². The number of anilines is 1. The zero-order chi connectivity index (χ0) is 24.6. The summed E-state index contributed by atoms with van der Waals surface area (Å²) in [4.78, 5) is 11.6. The zero-order valence-corrected chi connectivity index (χ0v) is 19.7. The molecule has 33 heavy (non-hydrogen) atoms. The van der Waals surface area contributed by atoms with E-state index in [0.29, 0.717) is 5.56 Å². The molecule has 1 N–H and O–H groups in total. The summed E-state index contributed by atoms with van der Waals surface area (Å²) in [5, 5.41) is 3.17. The maximum absolute atomic E-state index is 11.6. The normalized spacial score (nSPS) is 15.2. The van der Waals surface area contributed by atoms with Crippen LogP contribution in [0.2, 0.25) is 0 Å². The van der Waals surface area contributed by atoms with Crippen LogP contribution in [0.5, 0.6) is 0 Å². The van der Waals surface area contributed by atoms with Crippen molar-refractivity contribution >= 4 is 22.9 Å². The molecule has 7 nitrogen and oxygen atoms in total. The van der Waals surface area contributed by atoms with E-state index in [2.05, 4.69) is 67.2 Å². The first-order valence-electron chi connectivity index (χ1n) is 10.1. The van der Waals surface area contributed by atoms with Gasteiger partial charge in [-0.05, 0) is 39.0 Å². The van der Waals surface area contributed by atoms with Crippen molar-refractivity contribution in [3.8, 4) is 0 Å². The molecule has 0 saturated carbocycles. The lowest BCUT2D eigenvalue weighted by molar-refractivity contribution is -2.00.